The second kappa shape index (κ2) is 7.36. The summed E-state index contributed by atoms with van der Waals surface area (Å²) in [6.45, 7) is 9.24. The summed E-state index contributed by atoms with van der Waals surface area (Å²) in [6.07, 6.45) is 0. The van der Waals surface area contributed by atoms with E-state index in [1.54, 1.807) is 11.3 Å². The van der Waals surface area contributed by atoms with Crippen LogP contribution in [0.3, 0.4) is 0 Å². The average Bonchev–Trinajstić information content (AvgIpc) is 3.43. The molecular weight excluding hydrogens is 468 g/mol. The number of hydrogen-bond acceptors (Lipinski definition) is 3. The van der Waals surface area contributed by atoms with E-state index in [-0.39, 0.29) is 10.8 Å². The van der Waals surface area contributed by atoms with Crippen molar-refractivity contribution in [3.8, 4) is 43.1 Å². The standard InChI is InChI=1S/C34H30N2S/c1-33(2)23-15-7-5-11-19(23)27-21(13-9-17-25(27)33)31-29(35)30(36)32(37-31)22-14-10-18-26-28(22)20-12-6-8-16-24(20)34(26,3)4/h5-18H,35-36H2,1-4H3. The first-order valence-electron chi connectivity index (χ1n) is 12.9. The maximum atomic E-state index is 6.83. The molecule has 3 heteroatoms. The molecule has 1 heterocycles. The Labute approximate surface area is 222 Å². The van der Waals surface area contributed by atoms with Crippen LogP contribution in [0, 0.1) is 0 Å². The predicted molar refractivity (Wildman–Crippen MR) is 159 cm³/mol. The van der Waals surface area contributed by atoms with Crippen molar-refractivity contribution >= 4 is 22.7 Å². The lowest BCUT2D eigenvalue weighted by Gasteiger charge is -2.21. The lowest BCUT2D eigenvalue weighted by Crippen LogP contribution is -2.14. The van der Waals surface area contributed by atoms with Crippen molar-refractivity contribution in [1.82, 2.24) is 0 Å². The fourth-order valence-corrected chi connectivity index (χ4v) is 7.95. The molecule has 0 saturated heterocycles. The molecule has 2 aliphatic carbocycles. The van der Waals surface area contributed by atoms with Crippen molar-refractivity contribution < 1.29 is 0 Å². The topological polar surface area (TPSA) is 52.0 Å². The van der Waals surface area contributed by atoms with Crippen LogP contribution in [-0.4, -0.2) is 0 Å². The van der Waals surface area contributed by atoms with Gasteiger partial charge in [-0.15, -0.1) is 11.3 Å². The van der Waals surface area contributed by atoms with Gasteiger partial charge in [-0.3, -0.25) is 0 Å². The Hall–Kier alpha value is -3.82. The van der Waals surface area contributed by atoms with E-state index in [2.05, 4.69) is 113 Å². The van der Waals surface area contributed by atoms with Gasteiger partial charge >= 0.3 is 0 Å². The average molecular weight is 499 g/mol. The predicted octanol–water partition coefficient (Wildman–Crippen LogP) is 8.86. The summed E-state index contributed by atoms with van der Waals surface area (Å²) in [6, 6.07) is 30.8. The van der Waals surface area contributed by atoms with E-state index in [0.29, 0.717) is 11.4 Å². The molecular formula is C34H30N2S. The highest BCUT2D eigenvalue weighted by molar-refractivity contribution is 7.20. The molecule has 0 radical (unpaired) electrons. The first-order chi connectivity index (χ1) is 17.7. The first kappa shape index (κ1) is 22.4. The Kier molecular flexibility index (Phi) is 4.45. The zero-order valence-electron chi connectivity index (χ0n) is 21.6. The number of nitrogen functional groups attached to an aromatic ring is 2. The van der Waals surface area contributed by atoms with Crippen LogP contribution in [-0.2, 0) is 10.8 Å². The van der Waals surface area contributed by atoms with Gasteiger partial charge in [0.15, 0.2) is 0 Å². The first-order valence-corrected chi connectivity index (χ1v) is 13.7. The van der Waals surface area contributed by atoms with Crippen LogP contribution in [0.4, 0.5) is 11.4 Å². The minimum Gasteiger partial charge on any atom is -0.396 e. The van der Waals surface area contributed by atoms with Crippen LogP contribution in [0.5, 0.6) is 0 Å². The molecule has 7 rings (SSSR count). The van der Waals surface area contributed by atoms with Crippen molar-refractivity contribution in [2.45, 2.75) is 38.5 Å². The quantitative estimate of drug-likeness (QED) is 0.255. The fourth-order valence-electron chi connectivity index (χ4n) is 6.74. The maximum absolute atomic E-state index is 6.83. The molecule has 4 N–H and O–H groups in total. The third-order valence-electron chi connectivity index (χ3n) is 8.69. The Balaban J connectivity index is 1.48. The Bertz CT molecular complexity index is 1620. The Morgan fingerprint density at radius 2 is 0.811 bits per heavy atom. The second-order valence-electron chi connectivity index (χ2n) is 11.4. The van der Waals surface area contributed by atoms with Crippen LogP contribution < -0.4 is 11.5 Å². The molecule has 0 spiro atoms. The summed E-state index contributed by atoms with van der Waals surface area (Å²) in [5.41, 5.74) is 27.8. The van der Waals surface area contributed by atoms with Crippen LogP contribution >= 0.6 is 11.3 Å². The fraction of sp³-hybridized carbons (Fsp3) is 0.176. The van der Waals surface area contributed by atoms with Gasteiger partial charge < -0.3 is 11.5 Å². The molecule has 0 unspecified atom stereocenters. The number of anilines is 2. The van der Waals surface area contributed by atoms with Gasteiger partial charge in [0.05, 0.1) is 21.1 Å². The highest BCUT2D eigenvalue weighted by Crippen LogP contribution is 2.58. The molecule has 5 aromatic rings. The van der Waals surface area contributed by atoms with Crippen molar-refractivity contribution in [1.29, 1.82) is 0 Å². The normalized spacial score (nSPS) is 15.7. The number of thiophene rings is 1. The van der Waals surface area contributed by atoms with E-state index < -0.39 is 0 Å². The van der Waals surface area contributed by atoms with Crippen molar-refractivity contribution in [2.75, 3.05) is 11.5 Å². The summed E-state index contributed by atoms with van der Waals surface area (Å²) < 4.78 is 0. The van der Waals surface area contributed by atoms with E-state index >= 15 is 0 Å². The third-order valence-corrected chi connectivity index (χ3v) is 9.98. The maximum Gasteiger partial charge on any atom is 0.0744 e. The van der Waals surface area contributed by atoms with Gasteiger partial charge in [-0.25, -0.2) is 0 Å². The summed E-state index contributed by atoms with van der Waals surface area (Å²) in [7, 11) is 0. The smallest absolute Gasteiger partial charge is 0.0744 e. The molecule has 0 amide bonds. The molecule has 2 aliphatic rings. The van der Waals surface area contributed by atoms with Crippen LogP contribution in [0.25, 0.3) is 43.1 Å². The number of rotatable bonds is 2. The summed E-state index contributed by atoms with van der Waals surface area (Å²) in [5, 5.41) is 0. The highest BCUT2D eigenvalue weighted by atomic mass is 32.1. The van der Waals surface area contributed by atoms with Gasteiger partial charge in [-0.05, 0) is 44.5 Å². The van der Waals surface area contributed by atoms with E-state index in [1.165, 1.54) is 55.6 Å². The van der Waals surface area contributed by atoms with Crippen LogP contribution in [0.15, 0.2) is 84.9 Å². The second-order valence-corrected chi connectivity index (χ2v) is 12.4. The largest absolute Gasteiger partial charge is 0.396 e. The third kappa shape index (κ3) is 2.81. The Morgan fingerprint density at radius 1 is 0.459 bits per heavy atom. The SMILES string of the molecule is CC1(C)c2ccccc2-c2c(-c3sc(-c4cccc5c4-c4ccccc4C5(C)C)c(N)c3N)cccc21. The van der Waals surface area contributed by atoms with Crippen LogP contribution in [0.2, 0.25) is 0 Å². The van der Waals surface area contributed by atoms with Gasteiger partial charge in [0.1, 0.15) is 0 Å². The van der Waals surface area contributed by atoms with Gasteiger partial charge in [0.2, 0.25) is 0 Å². The summed E-state index contributed by atoms with van der Waals surface area (Å²) in [4.78, 5) is 2.11. The zero-order chi connectivity index (χ0) is 25.7. The lowest BCUT2D eigenvalue weighted by atomic mass is 9.82. The molecule has 4 aromatic carbocycles. The van der Waals surface area contributed by atoms with E-state index in [9.17, 15) is 0 Å². The van der Waals surface area contributed by atoms with Crippen molar-refractivity contribution in [2.24, 2.45) is 0 Å². The number of benzene rings is 4. The van der Waals surface area contributed by atoms with Crippen LogP contribution in [0.1, 0.15) is 49.9 Å². The molecule has 182 valence electrons. The number of hydrogen-bond donors (Lipinski definition) is 2. The minimum absolute atomic E-state index is 0.0577. The van der Waals surface area contributed by atoms with Crippen molar-refractivity contribution in [3.63, 3.8) is 0 Å². The van der Waals surface area contributed by atoms with Gasteiger partial charge in [-0.1, -0.05) is 113 Å². The van der Waals surface area contributed by atoms with E-state index in [1.807, 2.05) is 0 Å². The Morgan fingerprint density at radius 3 is 1.24 bits per heavy atom. The van der Waals surface area contributed by atoms with Gasteiger partial charge in [0, 0.05) is 22.0 Å². The molecule has 0 fully saturated rings. The molecule has 37 heavy (non-hydrogen) atoms. The van der Waals surface area contributed by atoms with E-state index in [4.69, 9.17) is 11.5 Å². The molecule has 0 atom stereocenters. The molecule has 2 nitrogen and oxygen atoms in total. The summed E-state index contributed by atoms with van der Waals surface area (Å²) >= 11 is 1.72. The van der Waals surface area contributed by atoms with E-state index in [0.717, 1.165) is 9.75 Å². The highest BCUT2D eigenvalue weighted by Gasteiger charge is 2.39. The monoisotopic (exact) mass is 498 g/mol. The molecule has 0 aliphatic heterocycles. The summed E-state index contributed by atoms with van der Waals surface area (Å²) in [5.74, 6) is 0. The zero-order valence-corrected chi connectivity index (χ0v) is 22.5. The minimum atomic E-state index is -0.0577. The number of nitrogens with two attached hydrogens (primary N) is 2. The van der Waals surface area contributed by atoms with Gasteiger partial charge in [-0.2, -0.15) is 0 Å². The molecule has 0 saturated carbocycles. The molecule has 0 bridgehead atoms. The number of fused-ring (bicyclic) bond motifs is 6. The van der Waals surface area contributed by atoms with Crippen molar-refractivity contribution in [3.05, 3.63) is 107 Å². The molecule has 1 aromatic heterocycles. The van der Waals surface area contributed by atoms with Gasteiger partial charge in [0.25, 0.3) is 0 Å². The lowest BCUT2D eigenvalue weighted by molar-refractivity contribution is 0.660.